The Morgan fingerprint density at radius 1 is 1.17 bits per heavy atom. The SMILES string of the molecule is CCN(CC)c1ccc(C2C3=C(CC(c4ccco4)CC3=O)Nc3ncnn32)cc1. The Morgan fingerprint density at radius 3 is 2.67 bits per heavy atom. The second-order valence-corrected chi connectivity index (χ2v) is 7.76. The zero-order valence-corrected chi connectivity index (χ0v) is 17.2. The Labute approximate surface area is 175 Å². The molecule has 2 aliphatic rings. The third kappa shape index (κ3) is 3.01. The number of furan rings is 1. The minimum Gasteiger partial charge on any atom is -0.469 e. The molecule has 0 spiro atoms. The van der Waals surface area contributed by atoms with Gasteiger partial charge in [0.05, 0.1) is 6.26 Å². The molecule has 0 fully saturated rings. The molecule has 3 heterocycles. The molecule has 2 atom stereocenters. The highest BCUT2D eigenvalue weighted by Gasteiger charge is 2.39. The highest BCUT2D eigenvalue weighted by Crippen LogP contribution is 2.44. The van der Waals surface area contributed by atoms with E-state index in [0.717, 1.165) is 42.1 Å². The highest BCUT2D eigenvalue weighted by molar-refractivity contribution is 6.00. The van der Waals surface area contributed by atoms with Crippen molar-refractivity contribution in [2.45, 2.75) is 38.6 Å². The summed E-state index contributed by atoms with van der Waals surface area (Å²) in [5.41, 5.74) is 3.92. The molecule has 7 heteroatoms. The van der Waals surface area contributed by atoms with Crippen molar-refractivity contribution in [2.75, 3.05) is 23.3 Å². The second-order valence-electron chi connectivity index (χ2n) is 7.76. The lowest BCUT2D eigenvalue weighted by Crippen LogP contribution is -2.33. The number of hydrogen-bond donors (Lipinski definition) is 1. The molecule has 154 valence electrons. The van der Waals surface area contributed by atoms with Gasteiger partial charge in [0.25, 0.3) is 0 Å². The van der Waals surface area contributed by atoms with Crippen molar-refractivity contribution < 1.29 is 9.21 Å². The van der Waals surface area contributed by atoms with Crippen LogP contribution >= 0.6 is 0 Å². The number of carbonyl (C=O) groups is 1. The van der Waals surface area contributed by atoms with Gasteiger partial charge in [-0.1, -0.05) is 12.1 Å². The molecule has 0 saturated carbocycles. The number of nitrogens with zero attached hydrogens (tertiary/aromatic N) is 4. The first kappa shape index (κ1) is 18.7. The van der Waals surface area contributed by atoms with Crippen molar-refractivity contribution in [1.82, 2.24) is 14.8 Å². The van der Waals surface area contributed by atoms with Crippen LogP contribution in [0.15, 0.2) is 64.7 Å². The summed E-state index contributed by atoms with van der Waals surface area (Å²) in [4.78, 5) is 20.0. The molecule has 0 bridgehead atoms. The van der Waals surface area contributed by atoms with E-state index in [1.165, 1.54) is 12.0 Å². The van der Waals surface area contributed by atoms with Crippen LogP contribution in [-0.2, 0) is 4.79 Å². The molecule has 0 radical (unpaired) electrons. The lowest BCUT2D eigenvalue weighted by atomic mass is 9.79. The topological polar surface area (TPSA) is 76.2 Å². The van der Waals surface area contributed by atoms with E-state index in [-0.39, 0.29) is 17.7 Å². The van der Waals surface area contributed by atoms with Gasteiger partial charge in [-0.2, -0.15) is 10.1 Å². The summed E-state index contributed by atoms with van der Waals surface area (Å²) in [6.45, 7) is 6.22. The predicted octanol–water partition coefficient (Wildman–Crippen LogP) is 4.13. The Morgan fingerprint density at radius 2 is 1.97 bits per heavy atom. The average Bonchev–Trinajstić information content (AvgIpc) is 3.46. The smallest absolute Gasteiger partial charge is 0.226 e. The standard InChI is InChI=1S/C23H25N5O2/c1-3-27(4-2)17-9-7-15(8-10-17)22-21-18(26-23-24-14-25-28(22)23)12-16(13-19(21)29)20-6-5-11-30-20/h5-11,14,16,22H,3-4,12-13H2,1-2H3,(H,24,25,26). The van der Waals surface area contributed by atoms with Gasteiger partial charge in [-0.3, -0.25) is 4.79 Å². The molecule has 7 nitrogen and oxygen atoms in total. The van der Waals surface area contributed by atoms with Gasteiger partial charge in [-0.25, -0.2) is 4.68 Å². The molecule has 1 aromatic carbocycles. The fourth-order valence-corrected chi connectivity index (χ4v) is 4.64. The van der Waals surface area contributed by atoms with E-state index < -0.39 is 0 Å². The third-order valence-electron chi connectivity index (χ3n) is 6.14. The van der Waals surface area contributed by atoms with Crippen molar-refractivity contribution in [3.8, 4) is 0 Å². The Hall–Kier alpha value is -3.35. The van der Waals surface area contributed by atoms with Crippen LogP contribution in [0.4, 0.5) is 11.6 Å². The van der Waals surface area contributed by atoms with Gasteiger partial charge >= 0.3 is 0 Å². The van der Waals surface area contributed by atoms with Gasteiger partial charge in [-0.05, 0) is 50.1 Å². The molecule has 3 aromatic rings. The number of carbonyl (C=O) groups excluding carboxylic acids is 1. The number of ketones is 1. The molecule has 1 aliphatic heterocycles. The third-order valence-corrected chi connectivity index (χ3v) is 6.14. The van der Waals surface area contributed by atoms with Crippen molar-refractivity contribution in [3.05, 3.63) is 71.6 Å². The quantitative estimate of drug-likeness (QED) is 0.690. The molecule has 2 unspecified atom stereocenters. The van der Waals surface area contributed by atoms with E-state index in [0.29, 0.717) is 12.4 Å². The van der Waals surface area contributed by atoms with Crippen LogP contribution in [0, 0.1) is 0 Å². The van der Waals surface area contributed by atoms with Crippen LogP contribution < -0.4 is 10.2 Å². The number of aromatic nitrogens is 3. The van der Waals surface area contributed by atoms with Gasteiger partial charge in [0.2, 0.25) is 5.95 Å². The number of anilines is 2. The summed E-state index contributed by atoms with van der Waals surface area (Å²) in [6, 6.07) is 12.0. The van der Waals surface area contributed by atoms with Crippen LogP contribution in [0.5, 0.6) is 0 Å². The average molecular weight is 403 g/mol. The molecule has 0 saturated heterocycles. The molecule has 2 aromatic heterocycles. The zero-order chi connectivity index (χ0) is 20.7. The second kappa shape index (κ2) is 7.48. The van der Waals surface area contributed by atoms with Crippen molar-refractivity contribution in [3.63, 3.8) is 0 Å². The van der Waals surface area contributed by atoms with Gasteiger partial charge in [0.15, 0.2) is 5.78 Å². The summed E-state index contributed by atoms with van der Waals surface area (Å²) in [5, 5.41) is 7.77. The Balaban J connectivity index is 1.55. The highest BCUT2D eigenvalue weighted by atomic mass is 16.3. The van der Waals surface area contributed by atoms with E-state index in [2.05, 4.69) is 58.4 Å². The molecular formula is C23H25N5O2. The van der Waals surface area contributed by atoms with Crippen molar-refractivity contribution >= 4 is 17.4 Å². The number of Topliss-reactive ketones (excluding diaryl/α,β-unsaturated/α-hetero) is 1. The number of fused-ring (bicyclic) bond motifs is 1. The van der Waals surface area contributed by atoms with E-state index in [1.807, 2.05) is 16.8 Å². The monoisotopic (exact) mass is 403 g/mol. The van der Waals surface area contributed by atoms with Crippen LogP contribution in [0.2, 0.25) is 0 Å². The lowest BCUT2D eigenvalue weighted by molar-refractivity contribution is -0.117. The van der Waals surface area contributed by atoms with Gasteiger partial charge in [0.1, 0.15) is 18.1 Å². The fraction of sp³-hybridized carbons (Fsp3) is 0.348. The maximum Gasteiger partial charge on any atom is 0.226 e. The maximum atomic E-state index is 13.3. The number of nitrogens with one attached hydrogen (secondary N) is 1. The van der Waals surface area contributed by atoms with Gasteiger partial charge in [-0.15, -0.1) is 0 Å². The zero-order valence-electron chi connectivity index (χ0n) is 17.2. The van der Waals surface area contributed by atoms with Gasteiger partial charge in [0, 0.05) is 42.4 Å². The first-order chi connectivity index (χ1) is 14.7. The van der Waals surface area contributed by atoms with Crippen LogP contribution in [0.3, 0.4) is 0 Å². The minimum absolute atomic E-state index is 0.0407. The molecule has 1 N–H and O–H groups in total. The summed E-state index contributed by atoms with van der Waals surface area (Å²) < 4.78 is 7.40. The summed E-state index contributed by atoms with van der Waals surface area (Å²) in [5.74, 6) is 1.69. The Bertz CT molecular complexity index is 1080. The summed E-state index contributed by atoms with van der Waals surface area (Å²) in [6.07, 6.45) is 4.35. The molecular weight excluding hydrogens is 378 g/mol. The largest absolute Gasteiger partial charge is 0.469 e. The molecule has 30 heavy (non-hydrogen) atoms. The van der Waals surface area contributed by atoms with Crippen LogP contribution in [-0.4, -0.2) is 33.6 Å². The van der Waals surface area contributed by atoms with E-state index >= 15 is 0 Å². The summed E-state index contributed by atoms with van der Waals surface area (Å²) in [7, 11) is 0. The van der Waals surface area contributed by atoms with Gasteiger partial charge < -0.3 is 14.6 Å². The van der Waals surface area contributed by atoms with Crippen molar-refractivity contribution in [2.24, 2.45) is 0 Å². The fourth-order valence-electron chi connectivity index (χ4n) is 4.64. The number of benzene rings is 1. The summed E-state index contributed by atoms with van der Waals surface area (Å²) >= 11 is 0. The van der Waals surface area contributed by atoms with Crippen LogP contribution in [0.25, 0.3) is 0 Å². The van der Waals surface area contributed by atoms with E-state index in [1.54, 1.807) is 6.26 Å². The first-order valence-corrected chi connectivity index (χ1v) is 10.5. The van der Waals surface area contributed by atoms with E-state index in [4.69, 9.17) is 4.42 Å². The Kier molecular flexibility index (Phi) is 4.65. The number of rotatable bonds is 5. The van der Waals surface area contributed by atoms with Crippen LogP contribution in [0.1, 0.15) is 50.0 Å². The molecule has 0 amide bonds. The first-order valence-electron chi connectivity index (χ1n) is 10.5. The van der Waals surface area contributed by atoms with E-state index in [9.17, 15) is 4.79 Å². The number of allylic oxidation sites excluding steroid dienone is 2. The molecule has 5 rings (SSSR count). The predicted molar refractivity (Wildman–Crippen MR) is 115 cm³/mol. The molecule has 1 aliphatic carbocycles. The number of hydrogen-bond acceptors (Lipinski definition) is 6. The van der Waals surface area contributed by atoms with Crippen molar-refractivity contribution in [1.29, 1.82) is 0 Å². The minimum atomic E-state index is -0.269. The maximum absolute atomic E-state index is 13.3. The lowest BCUT2D eigenvalue weighted by Gasteiger charge is -2.34. The normalized spacial score (nSPS) is 20.5.